The van der Waals surface area contributed by atoms with Gasteiger partial charge >= 0.3 is 0 Å². The number of rotatable bonds is 3. The van der Waals surface area contributed by atoms with Crippen LogP contribution in [-0.4, -0.2) is 35.9 Å². The van der Waals surface area contributed by atoms with E-state index in [1.165, 1.54) is 17.1 Å². The van der Waals surface area contributed by atoms with Gasteiger partial charge < -0.3 is 4.42 Å². The number of hydrogen-bond acceptors (Lipinski definition) is 7. The van der Waals surface area contributed by atoms with E-state index < -0.39 is 0 Å². The van der Waals surface area contributed by atoms with Crippen LogP contribution in [0, 0.1) is 13.8 Å². The van der Waals surface area contributed by atoms with Crippen molar-refractivity contribution in [1.82, 2.24) is 29.9 Å². The van der Waals surface area contributed by atoms with Gasteiger partial charge in [-0.1, -0.05) is 0 Å². The minimum atomic E-state index is -0.227. The maximum absolute atomic E-state index is 12.1. The van der Waals surface area contributed by atoms with Gasteiger partial charge in [-0.15, -0.1) is 10.2 Å². The molecule has 0 atom stereocenters. The second-order valence-electron chi connectivity index (χ2n) is 4.50. The lowest BCUT2D eigenvalue weighted by Crippen LogP contribution is -2.16. The van der Waals surface area contributed by atoms with Crippen molar-refractivity contribution in [3.63, 3.8) is 0 Å². The molecule has 3 rings (SSSR count). The molecule has 3 aromatic rings. The predicted molar refractivity (Wildman–Crippen MR) is 71.4 cm³/mol. The molecule has 0 spiro atoms. The number of aryl methyl sites for hydroxylation is 2. The number of carbonyl (C=O) groups is 1. The van der Waals surface area contributed by atoms with Crippen LogP contribution in [0.4, 0.5) is 0 Å². The number of carbonyl (C=O) groups excluding carboxylic acids is 1. The summed E-state index contributed by atoms with van der Waals surface area (Å²) in [5.41, 5.74) is 2.02. The van der Waals surface area contributed by atoms with Crippen molar-refractivity contribution in [2.45, 2.75) is 20.3 Å². The molecular weight excluding hydrogens is 272 g/mol. The van der Waals surface area contributed by atoms with E-state index in [-0.39, 0.29) is 24.1 Å². The number of nitrogens with zero attached hydrogens (tertiary/aromatic N) is 6. The van der Waals surface area contributed by atoms with E-state index in [0.29, 0.717) is 5.69 Å². The first kappa shape index (κ1) is 13.1. The third-order valence-corrected chi connectivity index (χ3v) is 2.80. The Morgan fingerprint density at radius 1 is 1.29 bits per heavy atom. The summed E-state index contributed by atoms with van der Waals surface area (Å²) < 4.78 is 6.76. The van der Waals surface area contributed by atoms with Crippen LogP contribution in [0.3, 0.4) is 0 Å². The van der Waals surface area contributed by atoms with Crippen LogP contribution in [0.15, 0.2) is 29.1 Å². The van der Waals surface area contributed by atoms with Gasteiger partial charge in [0.15, 0.2) is 0 Å². The van der Waals surface area contributed by atoms with Gasteiger partial charge in [0.25, 0.3) is 11.8 Å². The molecule has 0 saturated heterocycles. The molecule has 0 radical (unpaired) electrons. The fourth-order valence-corrected chi connectivity index (χ4v) is 1.92. The second kappa shape index (κ2) is 5.23. The molecule has 8 heteroatoms. The van der Waals surface area contributed by atoms with E-state index in [2.05, 4.69) is 25.3 Å². The summed E-state index contributed by atoms with van der Waals surface area (Å²) in [6.45, 7) is 3.65. The lowest BCUT2D eigenvalue weighted by atomic mass is 10.3. The predicted octanol–water partition coefficient (Wildman–Crippen LogP) is 1.22. The van der Waals surface area contributed by atoms with Crippen LogP contribution in [0.5, 0.6) is 0 Å². The molecule has 0 fully saturated rings. The van der Waals surface area contributed by atoms with E-state index in [1.54, 1.807) is 6.20 Å². The summed E-state index contributed by atoms with van der Waals surface area (Å²) in [5, 5.41) is 11.8. The lowest BCUT2D eigenvalue weighted by molar-refractivity contribution is 0.0887. The molecule has 21 heavy (non-hydrogen) atoms. The molecule has 0 aliphatic rings. The summed E-state index contributed by atoms with van der Waals surface area (Å²) in [6.07, 6.45) is 4.57. The number of hydrogen-bond donors (Lipinski definition) is 0. The van der Waals surface area contributed by atoms with Crippen molar-refractivity contribution in [2.75, 3.05) is 0 Å². The second-order valence-corrected chi connectivity index (χ2v) is 4.50. The van der Waals surface area contributed by atoms with Crippen LogP contribution < -0.4 is 0 Å². The fraction of sp³-hybridized carbons (Fsp3) is 0.231. The molecular formula is C13H12N6O2. The monoisotopic (exact) mass is 284 g/mol. The van der Waals surface area contributed by atoms with Crippen molar-refractivity contribution in [2.24, 2.45) is 0 Å². The van der Waals surface area contributed by atoms with E-state index in [9.17, 15) is 4.79 Å². The highest BCUT2D eigenvalue weighted by molar-refractivity contribution is 5.80. The molecule has 3 heterocycles. The van der Waals surface area contributed by atoms with Crippen molar-refractivity contribution in [1.29, 1.82) is 0 Å². The highest BCUT2D eigenvalue weighted by atomic mass is 16.4. The van der Waals surface area contributed by atoms with Crippen molar-refractivity contribution < 1.29 is 9.21 Å². The molecule has 106 valence electrons. The van der Waals surface area contributed by atoms with Crippen molar-refractivity contribution in [3.05, 3.63) is 41.9 Å². The molecule has 8 nitrogen and oxygen atoms in total. The van der Waals surface area contributed by atoms with Gasteiger partial charge in [0, 0.05) is 18.1 Å². The standard InChI is InChI=1S/C13H12N6O2/c1-8-5-9(2)19(18-8)12(20)6-11-16-17-13(21-11)10-7-14-3-4-15-10/h3-5,7H,6H2,1-2H3. The Morgan fingerprint density at radius 3 is 2.81 bits per heavy atom. The van der Waals surface area contributed by atoms with Gasteiger partial charge in [-0.3, -0.25) is 9.78 Å². The van der Waals surface area contributed by atoms with Crippen LogP contribution in [0.2, 0.25) is 0 Å². The molecule has 0 unspecified atom stereocenters. The first-order valence-corrected chi connectivity index (χ1v) is 6.29. The summed E-state index contributed by atoms with van der Waals surface area (Å²) in [5.74, 6) is 0.224. The highest BCUT2D eigenvalue weighted by Gasteiger charge is 2.16. The summed E-state index contributed by atoms with van der Waals surface area (Å²) in [6, 6.07) is 1.83. The summed E-state index contributed by atoms with van der Waals surface area (Å²) in [4.78, 5) is 20.1. The van der Waals surface area contributed by atoms with Crippen LogP contribution in [-0.2, 0) is 6.42 Å². The zero-order valence-corrected chi connectivity index (χ0v) is 11.5. The highest BCUT2D eigenvalue weighted by Crippen LogP contribution is 2.14. The molecule has 3 aromatic heterocycles. The topological polar surface area (TPSA) is 99.6 Å². The van der Waals surface area contributed by atoms with E-state index in [0.717, 1.165) is 11.4 Å². The SMILES string of the molecule is Cc1cc(C)n(C(=O)Cc2nnc(-c3cnccn3)o2)n1. The van der Waals surface area contributed by atoms with Crippen LogP contribution in [0.1, 0.15) is 22.1 Å². The van der Waals surface area contributed by atoms with Gasteiger partial charge in [-0.25, -0.2) is 9.67 Å². The summed E-state index contributed by atoms with van der Waals surface area (Å²) >= 11 is 0. The Labute approximate surface area is 119 Å². The molecule has 0 amide bonds. The van der Waals surface area contributed by atoms with Gasteiger partial charge in [-0.2, -0.15) is 5.10 Å². The van der Waals surface area contributed by atoms with Crippen LogP contribution >= 0.6 is 0 Å². The third kappa shape index (κ3) is 2.69. The largest absolute Gasteiger partial charge is 0.419 e. The van der Waals surface area contributed by atoms with Gasteiger partial charge in [0.1, 0.15) is 12.1 Å². The minimum absolute atomic E-state index is 0.0186. The molecule has 0 bridgehead atoms. The van der Waals surface area contributed by atoms with E-state index >= 15 is 0 Å². The number of aromatic nitrogens is 6. The smallest absolute Gasteiger partial charge is 0.267 e. The van der Waals surface area contributed by atoms with E-state index in [1.807, 2.05) is 19.9 Å². The average Bonchev–Trinajstić information content (AvgIpc) is 3.06. The van der Waals surface area contributed by atoms with Crippen LogP contribution in [0.25, 0.3) is 11.6 Å². The Morgan fingerprint density at radius 2 is 2.14 bits per heavy atom. The quantitative estimate of drug-likeness (QED) is 0.712. The summed E-state index contributed by atoms with van der Waals surface area (Å²) in [7, 11) is 0. The Bertz CT molecular complexity index is 777. The minimum Gasteiger partial charge on any atom is -0.419 e. The lowest BCUT2D eigenvalue weighted by Gasteiger charge is -1.99. The van der Waals surface area contributed by atoms with Gasteiger partial charge in [-0.05, 0) is 19.9 Å². The first-order valence-electron chi connectivity index (χ1n) is 6.29. The van der Waals surface area contributed by atoms with Crippen molar-refractivity contribution in [3.8, 4) is 11.6 Å². The molecule has 0 aliphatic carbocycles. The Kier molecular flexibility index (Phi) is 3.27. The zero-order valence-electron chi connectivity index (χ0n) is 11.5. The average molecular weight is 284 g/mol. The maximum Gasteiger partial charge on any atom is 0.267 e. The maximum atomic E-state index is 12.1. The van der Waals surface area contributed by atoms with E-state index in [4.69, 9.17) is 4.42 Å². The molecule has 0 aromatic carbocycles. The zero-order chi connectivity index (χ0) is 14.8. The molecule has 0 saturated carbocycles. The normalized spacial score (nSPS) is 10.8. The molecule has 0 N–H and O–H groups in total. The first-order chi connectivity index (χ1) is 10.1. The van der Waals surface area contributed by atoms with Crippen molar-refractivity contribution >= 4 is 5.91 Å². The Hall–Kier alpha value is -2.90. The third-order valence-electron chi connectivity index (χ3n) is 2.80. The molecule has 0 aliphatic heterocycles. The Balaban J connectivity index is 1.79. The van der Waals surface area contributed by atoms with Gasteiger partial charge in [0.2, 0.25) is 5.89 Å². The van der Waals surface area contributed by atoms with Gasteiger partial charge in [0.05, 0.1) is 11.9 Å². The fourth-order valence-electron chi connectivity index (χ4n) is 1.92.